The fourth-order valence-corrected chi connectivity index (χ4v) is 9.23. The fourth-order valence-electron chi connectivity index (χ4n) is 6.59. The zero-order valence-electron chi connectivity index (χ0n) is 25.9. The Balaban J connectivity index is 1.62. The Morgan fingerprint density at radius 1 is 0.600 bits per heavy atom. The van der Waals surface area contributed by atoms with Gasteiger partial charge in [0, 0.05) is 15.9 Å². The Kier molecular flexibility index (Phi) is 8.65. The molecule has 0 atom stereocenters. The first-order chi connectivity index (χ1) is 22.1. The van der Waals surface area contributed by atoms with E-state index in [4.69, 9.17) is 0 Å². The summed E-state index contributed by atoms with van der Waals surface area (Å²) in [7, 11) is -3.08. The summed E-state index contributed by atoms with van der Waals surface area (Å²) in [6, 6.07) is 43.0. The highest BCUT2D eigenvalue weighted by Crippen LogP contribution is 2.45. The highest BCUT2D eigenvalue weighted by Gasteiger charge is 2.29. The summed E-state index contributed by atoms with van der Waals surface area (Å²) < 4.78 is 15.0. The minimum Gasteiger partial charge on any atom is -0.309 e. The molecule has 0 amide bonds. The van der Waals surface area contributed by atoms with Crippen molar-refractivity contribution < 1.29 is 4.57 Å². The van der Waals surface area contributed by atoms with Crippen molar-refractivity contribution in [3.8, 4) is 22.3 Å². The van der Waals surface area contributed by atoms with Gasteiger partial charge in [-0.15, -0.1) is 0 Å². The van der Waals surface area contributed by atoms with Crippen LogP contribution in [0.25, 0.3) is 57.3 Å². The van der Waals surface area contributed by atoms with Crippen LogP contribution in [0.2, 0.25) is 0 Å². The topological polar surface area (TPSA) is 17.1 Å². The monoisotopic (exact) mass is 600 g/mol. The van der Waals surface area contributed by atoms with Crippen LogP contribution in [0.4, 0.5) is 0 Å². The highest BCUT2D eigenvalue weighted by molar-refractivity contribution is 7.85. The van der Waals surface area contributed by atoms with Gasteiger partial charge in [-0.25, -0.2) is 0 Å². The lowest BCUT2D eigenvalue weighted by molar-refractivity contribution is 0.592. The predicted molar refractivity (Wildman–Crippen MR) is 199 cm³/mol. The minimum absolute atomic E-state index is 0.806. The van der Waals surface area contributed by atoms with Gasteiger partial charge in [-0.2, -0.15) is 0 Å². The van der Waals surface area contributed by atoms with Crippen LogP contribution in [0, 0.1) is 0 Å². The van der Waals surface area contributed by atoms with E-state index in [1.54, 1.807) is 0 Å². The van der Waals surface area contributed by atoms with Gasteiger partial charge in [0.05, 0.1) is 0 Å². The van der Waals surface area contributed by atoms with E-state index >= 15 is 4.57 Å². The maximum Gasteiger partial charge on any atom is 0.171 e. The number of benzene rings is 6. The average Bonchev–Trinajstić information content (AvgIpc) is 3.11. The Bertz CT molecular complexity index is 2150. The summed E-state index contributed by atoms with van der Waals surface area (Å²) in [4.78, 5) is 0. The van der Waals surface area contributed by atoms with E-state index in [2.05, 4.69) is 93.8 Å². The molecule has 0 heterocycles. The first-order valence-corrected chi connectivity index (χ1v) is 17.2. The van der Waals surface area contributed by atoms with Crippen molar-refractivity contribution in [3.05, 3.63) is 162 Å². The second-order valence-electron chi connectivity index (χ2n) is 11.1. The first kappa shape index (κ1) is 30.1. The molecule has 0 aliphatic rings. The molecule has 0 spiro atoms. The molecule has 6 aromatic carbocycles. The van der Waals surface area contributed by atoms with E-state index in [0.29, 0.717) is 0 Å². The van der Waals surface area contributed by atoms with E-state index in [1.807, 2.05) is 84.9 Å². The van der Waals surface area contributed by atoms with Crippen LogP contribution >= 0.6 is 7.14 Å². The van der Waals surface area contributed by atoms with Crippen molar-refractivity contribution in [1.29, 1.82) is 0 Å². The van der Waals surface area contributed by atoms with Crippen molar-refractivity contribution in [1.82, 2.24) is 0 Å². The third kappa shape index (κ3) is 5.24. The van der Waals surface area contributed by atoms with Crippen molar-refractivity contribution >= 4 is 58.1 Å². The van der Waals surface area contributed by atoms with Gasteiger partial charge in [0.2, 0.25) is 0 Å². The lowest BCUT2D eigenvalue weighted by Crippen LogP contribution is -2.26. The molecule has 0 N–H and O–H groups in total. The molecule has 220 valence electrons. The van der Waals surface area contributed by atoms with E-state index < -0.39 is 7.14 Å². The molecule has 0 bridgehead atoms. The number of hydrogen-bond acceptors (Lipinski definition) is 1. The van der Waals surface area contributed by atoms with Crippen molar-refractivity contribution in [3.63, 3.8) is 0 Å². The average molecular weight is 601 g/mol. The molecule has 45 heavy (non-hydrogen) atoms. The molecule has 0 aromatic heterocycles. The lowest BCUT2D eigenvalue weighted by atomic mass is 9.83. The largest absolute Gasteiger partial charge is 0.309 e. The van der Waals surface area contributed by atoms with Crippen LogP contribution in [-0.2, 0) is 4.57 Å². The third-order valence-electron chi connectivity index (χ3n) is 8.58. The second-order valence-corrected chi connectivity index (χ2v) is 13.8. The van der Waals surface area contributed by atoms with Gasteiger partial charge in [-0.3, -0.25) is 0 Å². The Morgan fingerprint density at radius 3 is 1.64 bits per heavy atom. The van der Waals surface area contributed by atoms with Crippen LogP contribution in [0.3, 0.4) is 0 Å². The number of rotatable bonds is 8. The first-order valence-electron chi connectivity index (χ1n) is 15.5. The predicted octanol–water partition coefficient (Wildman–Crippen LogP) is 9.09. The standard InChI is InChI=1S/C43H37OP/c1-5-18-31-19-17-26-39(36(31)6-2)43-38(8-4)37(7-3)42(40-24-15-16-25-41(40)43)32-27-29-35(30-28-32)45(44,33-20-11-9-12-21-33)34-22-13-10-14-23-34/h6-30H,3-5H2,1-2H3/b31-18-,36-6+. The normalized spacial score (nSPS) is 12.4. The van der Waals surface area contributed by atoms with Crippen LogP contribution in [-0.4, -0.2) is 0 Å². The molecule has 6 aromatic rings. The van der Waals surface area contributed by atoms with E-state index in [0.717, 1.165) is 60.9 Å². The summed E-state index contributed by atoms with van der Waals surface area (Å²) in [6.07, 6.45) is 9.37. The summed E-state index contributed by atoms with van der Waals surface area (Å²) >= 11 is 0. The zero-order chi connectivity index (χ0) is 31.4. The van der Waals surface area contributed by atoms with Gasteiger partial charge < -0.3 is 4.57 Å². The Labute approximate surface area is 266 Å². The maximum atomic E-state index is 15.0. The van der Waals surface area contributed by atoms with Gasteiger partial charge in [0.25, 0.3) is 0 Å². The molecule has 1 nitrogen and oxygen atoms in total. The molecule has 6 rings (SSSR count). The zero-order valence-corrected chi connectivity index (χ0v) is 26.8. The fraction of sp³-hybridized carbons (Fsp3) is 0.0698. The Hall–Kier alpha value is -4.97. The van der Waals surface area contributed by atoms with E-state index in [9.17, 15) is 0 Å². The third-order valence-corrected chi connectivity index (χ3v) is 11.7. The number of fused-ring (bicyclic) bond motifs is 1. The van der Waals surface area contributed by atoms with Crippen molar-refractivity contribution in [2.75, 3.05) is 0 Å². The molecular weight excluding hydrogens is 563 g/mol. The lowest BCUT2D eigenvalue weighted by Gasteiger charge is -2.22. The Morgan fingerprint density at radius 2 is 1.11 bits per heavy atom. The molecule has 0 saturated heterocycles. The van der Waals surface area contributed by atoms with Crippen LogP contribution in [0.5, 0.6) is 0 Å². The summed E-state index contributed by atoms with van der Waals surface area (Å²) in [5.41, 5.74) is 6.57. The smallest absolute Gasteiger partial charge is 0.171 e. The van der Waals surface area contributed by atoms with E-state index in [-0.39, 0.29) is 0 Å². The van der Waals surface area contributed by atoms with Crippen molar-refractivity contribution in [2.24, 2.45) is 0 Å². The van der Waals surface area contributed by atoms with E-state index in [1.165, 1.54) is 16.0 Å². The van der Waals surface area contributed by atoms with Gasteiger partial charge in [-0.05, 0) is 67.9 Å². The van der Waals surface area contributed by atoms with Gasteiger partial charge in [-0.1, -0.05) is 172 Å². The van der Waals surface area contributed by atoms with Gasteiger partial charge in [0.1, 0.15) is 0 Å². The van der Waals surface area contributed by atoms with Crippen LogP contribution in [0.1, 0.15) is 31.4 Å². The molecule has 2 heteroatoms. The summed E-state index contributed by atoms with van der Waals surface area (Å²) in [5, 5.41) is 7.21. The summed E-state index contributed by atoms with van der Waals surface area (Å²) in [6.45, 7) is 12.9. The molecule has 0 saturated carbocycles. The molecule has 0 aliphatic heterocycles. The molecule has 0 unspecified atom stereocenters. The SMILES string of the molecule is C=Cc1c(C=C)c(-c2cccc(=C/CC)/c2=C\C)c2ccccc2c1-c1ccc(P(=O)(c2ccccc2)c2ccccc2)cc1. The quantitative estimate of drug-likeness (QED) is 0.159. The molecule has 0 radical (unpaired) electrons. The van der Waals surface area contributed by atoms with Crippen LogP contribution < -0.4 is 26.4 Å². The second kappa shape index (κ2) is 12.9. The van der Waals surface area contributed by atoms with Crippen LogP contribution in [0.15, 0.2) is 141 Å². The molecular formula is C43H37OP. The number of hydrogen-bond donors (Lipinski definition) is 0. The highest BCUT2D eigenvalue weighted by atomic mass is 31.2. The maximum absolute atomic E-state index is 15.0. The minimum atomic E-state index is -3.08. The molecule has 0 aliphatic carbocycles. The van der Waals surface area contributed by atoms with Gasteiger partial charge >= 0.3 is 0 Å². The van der Waals surface area contributed by atoms with Crippen molar-refractivity contribution in [2.45, 2.75) is 20.3 Å². The molecule has 0 fully saturated rings. The summed E-state index contributed by atoms with van der Waals surface area (Å²) in [5.74, 6) is 0. The van der Waals surface area contributed by atoms with Gasteiger partial charge in [0.15, 0.2) is 7.14 Å².